The van der Waals surface area contributed by atoms with Crippen LogP contribution in [0.4, 0.5) is 4.39 Å². The van der Waals surface area contributed by atoms with Crippen LogP contribution in [0, 0.1) is 5.82 Å². The van der Waals surface area contributed by atoms with Gasteiger partial charge in [0, 0.05) is 16.6 Å². The molecule has 5 nitrogen and oxygen atoms in total. The number of rotatable bonds is 6. The van der Waals surface area contributed by atoms with Crippen LogP contribution in [-0.4, -0.2) is 26.7 Å². The SMILES string of the molecule is CCOC(=O)CS(=O)(=O)NCc1cc(Br)ccc1F. The number of ether oxygens (including phenoxy) is 1. The van der Waals surface area contributed by atoms with E-state index in [1.54, 1.807) is 6.92 Å². The number of carbonyl (C=O) groups excluding carboxylic acids is 1. The van der Waals surface area contributed by atoms with E-state index in [2.05, 4.69) is 25.4 Å². The highest BCUT2D eigenvalue weighted by molar-refractivity contribution is 9.10. The summed E-state index contributed by atoms with van der Waals surface area (Å²) in [4.78, 5) is 11.1. The summed E-state index contributed by atoms with van der Waals surface area (Å²) in [5.74, 6) is -2.15. The largest absolute Gasteiger partial charge is 0.465 e. The first-order chi connectivity index (χ1) is 8.84. The molecule has 0 heterocycles. The predicted octanol–water partition coefficient (Wildman–Crippen LogP) is 1.57. The standard InChI is InChI=1S/C11H13BrFNO4S/c1-2-18-11(15)7-19(16,17)14-6-8-5-9(12)3-4-10(8)13/h3-5,14H,2,6-7H2,1H3. The molecule has 1 aromatic rings. The van der Waals surface area contributed by atoms with E-state index in [0.29, 0.717) is 4.47 Å². The lowest BCUT2D eigenvalue weighted by Gasteiger charge is -2.07. The molecule has 19 heavy (non-hydrogen) atoms. The van der Waals surface area contributed by atoms with E-state index < -0.39 is 27.6 Å². The average Bonchev–Trinajstić information content (AvgIpc) is 2.30. The van der Waals surface area contributed by atoms with Crippen molar-refractivity contribution in [3.8, 4) is 0 Å². The van der Waals surface area contributed by atoms with Gasteiger partial charge < -0.3 is 4.74 Å². The van der Waals surface area contributed by atoms with E-state index in [-0.39, 0.29) is 18.7 Å². The number of benzene rings is 1. The summed E-state index contributed by atoms with van der Waals surface area (Å²) in [6.07, 6.45) is 0. The highest BCUT2D eigenvalue weighted by Crippen LogP contribution is 2.15. The molecule has 0 aliphatic carbocycles. The molecular formula is C11H13BrFNO4S. The summed E-state index contributed by atoms with van der Waals surface area (Å²) in [6.45, 7) is 1.45. The van der Waals surface area contributed by atoms with Crippen LogP contribution >= 0.6 is 15.9 Å². The van der Waals surface area contributed by atoms with Crippen molar-refractivity contribution in [3.63, 3.8) is 0 Å². The molecule has 106 valence electrons. The summed E-state index contributed by atoms with van der Waals surface area (Å²) in [5.41, 5.74) is 0.182. The molecule has 0 atom stereocenters. The van der Waals surface area contributed by atoms with Gasteiger partial charge in [0.25, 0.3) is 0 Å². The molecule has 0 bridgehead atoms. The Kier molecular flexibility index (Phi) is 5.89. The first-order valence-electron chi connectivity index (χ1n) is 5.41. The lowest BCUT2D eigenvalue weighted by atomic mass is 10.2. The predicted molar refractivity (Wildman–Crippen MR) is 71.4 cm³/mol. The number of sulfonamides is 1. The minimum atomic E-state index is -3.84. The number of carbonyl (C=O) groups is 1. The maximum Gasteiger partial charge on any atom is 0.322 e. The average molecular weight is 354 g/mol. The van der Waals surface area contributed by atoms with Gasteiger partial charge in [0.1, 0.15) is 5.82 Å². The molecule has 0 saturated heterocycles. The maximum atomic E-state index is 13.4. The third-order valence-corrected chi connectivity index (χ3v) is 3.80. The van der Waals surface area contributed by atoms with Crippen molar-refractivity contribution in [2.24, 2.45) is 0 Å². The molecule has 0 amide bonds. The fraction of sp³-hybridized carbons (Fsp3) is 0.364. The quantitative estimate of drug-likeness (QED) is 0.788. The van der Waals surface area contributed by atoms with E-state index >= 15 is 0 Å². The summed E-state index contributed by atoms with van der Waals surface area (Å²) in [6, 6.07) is 4.19. The lowest BCUT2D eigenvalue weighted by Crippen LogP contribution is -2.30. The van der Waals surface area contributed by atoms with E-state index in [9.17, 15) is 17.6 Å². The number of halogens is 2. The van der Waals surface area contributed by atoms with Gasteiger partial charge in [-0.2, -0.15) is 0 Å². The third kappa shape index (κ3) is 5.66. The van der Waals surface area contributed by atoms with E-state index in [1.807, 2.05) is 0 Å². The smallest absolute Gasteiger partial charge is 0.322 e. The Morgan fingerprint density at radius 3 is 2.79 bits per heavy atom. The minimum Gasteiger partial charge on any atom is -0.465 e. The van der Waals surface area contributed by atoms with Crippen LogP contribution in [-0.2, 0) is 26.1 Å². The van der Waals surface area contributed by atoms with Gasteiger partial charge in [-0.05, 0) is 25.1 Å². The van der Waals surface area contributed by atoms with Crippen LogP contribution in [0.3, 0.4) is 0 Å². The van der Waals surface area contributed by atoms with Crippen LogP contribution in [0.25, 0.3) is 0 Å². The molecule has 0 aliphatic rings. The second-order valence-corrected chi connectivity index (χ2v) is 6.34. The van der Waals surface area contributed by atoms with Crippen LogP contribution < -0.4 is 4.72 Å². The molecule has 0 unspecified atom stereocenters. The van der Waals surface area contributed by atoms with E-state index in [0.717, 1.165) is 0 Å². The third-order valence-electron chi connectivity index (χ3n) is 2.10. The van der Waals surface area contributed by atoms with Gasteiger partial charge >= 0.3 is 5.97 Å². The number of hydrogen-bond acceptors (Lipinski definition) is 4. The van der Waals surface area contributed by atoms with E-state index in [4.69, 9.17) is 0 Å². The van der Waals surface area contributed by atoms with Crippen LogP contribution in [0.5, 0.6) is 0 Å². The van der Waals surface area contributed by atoms with Crippen molar-refractivity contribution in [1.29, 1.82) is 0 Å². The first kappa shape index (κ1) is 16.1. The van der Waals surface area contributed by atoms with Gasteiger partial charge in [0.05, 0.1) is 6.61 Å². The zero-order valence-corrected chi connectivity index (χ0v) is 12.6. The van der Waals surface area contributed by atoms with Gasteiger partial charge in [-0.1, -0.05) is 15.9 Å². The molecule has 0 radical (unpaired) electrons. The summed E-state index contributed by atoms with van der Waals surface area (Å²) < 4.78 is 43.8. The first-order valence-corrected chi connectivity index (χ1v) is 7.85. The Balaban J connectivity index is 2.65. The van der Waals surface area contributed by atoms with Gasteiger partial charge in [-0.25, -0.2) is 17.5 Å². The Morgan fingerprint density at radius 2 is 2.16 bits per heavy atom. The van der Waals surface area contributed by atoms with Crippen molar-refractivity contribution in [3.05, 3.63) is 34.1 Å². The monoisotopic (exact) mass is 353 g/mol. The fourth-order valence-electron chi connectivity index (χ4n) is 1.28. The molecule has 0 aromatic heterocycles. The van der Waals surface area contributed by atoms with Crippen LogP contribution in [0.1, 0.15) is 12.5 Å². The normalized spacial score (nSPS) is 11.3. The zero-order chi connectivity index (χ0) is 14.5. The van der Waals surface area contributed by atoms with Crippen molar-refractivity contribution >= 4 is 31.9 Å². The molecule has 0 saturated carbocycles. The molecule has 0 aliphatic heterocycles. The molecule has 1 aromatic carbocycles. The summed E-state index contributed by atoms with van der Waals surface area (Å²) in [5, 5.41) is 0. The van der Waals surface area contributed by atoms with Gasteiger partial charge in [-0.3, -0.25) is 4.79 Å². The van der Waals surface area contributed by atoms with Gasteiger partial charge in [0.2, 0.25) is 10.0 Å². The summed E-state index contributed by atoms with van der Waals surface area (Å²) >= 11 is 3.16. The van der Waals surface area contributed by atoms with Gasteiger partial charge in [-0.15, -0.1) is 0 Å². The molecule has 1 rings (SSSR count). The molecule has 8 heteroatoms. The lowest BCUT2D eigenvalue weighted by molar-refractivity contribution is -0.139. The molecule has 0 fully saturated rings. The van der Waals surface area contributed by atoms with Gasteiger partial charge in [0.15, 0.2) is 5.75 Å². The Hall–Kier alpha value is -0.990. The maximum absolute atomic E-state index is 13.4. The van der Waals surface area contributed by atoms with Crippen molar-refractivity contribution < 1.29 is 22.3 Å². The Labute approximate surface area is 119 Å². The highest BCUT2D eigenvalue weighted by Gasteiger charge is 2.17. The second-order valence-electron chi connectivity index (χ2n) is 3.62. The number of hydrogen-bond donors (Lipinski definition) is 1. The highest BCUT2D eigenvalue weighted by atomic mass is 79.9. The molecular weight excluding hydrogens is 341 g/mol. The fourth-order valence-corrected chi connectivity index (χ4v) is 2.55. The van der Waals surface area contributed by atoms with Crippen LogP contribution in [0.15, 0.2) is 22.7 Å². The molecule has 0 spiro atoms. The second kappa shape index (κ2) is 6.97. The summed E-state index contributed by atoms with van der Waals surface area (Å²) in [7, 11) is -3.84. The number of nitrogens with one attached hydrogen (secondary N) is 1. The Bertz CT molecular complexity index is 562. The minimum absolute atomic E-state index is 0.106. The van der Waals surface area contributed by atoms with Crippen molar-refractivity contribution in [2.75, 3.05) is 12.4 Å². The van der Waals surface area contributed by atoms with Crippen molar-refractivity contribution in [1.82, 2.24) is 4.72 Å². The molecule has 1 N–H and O–H groups in total. The van der Waals surface area contributed by atoms with Crippen molar-refractivity contribution in [2.45, 2.75) is 13.5 Å². The van der Waals surface area contributed by atoms with Crippen LogP contribution in [0.2, 0.25) is 0 Å². The Morgan fingerprint density at radius 1 is 1.47 bits per heavy atom. The van der Waals surface area contributed by atoms with E-state index in [1.165, 1.54) is 18.2 Å². The zero-order valence-electron chi connectivity index (χ0n) is 10.2. The topological polar surface area (TPSA) is 72.5 Å². The number of esters is 1.